The molecule has 0 radical (unpaired) electrons. The lowest BCUT2D eigenvalue weighted by molar-refractivity contribution is 0.0945. The molecule has 0 aliphatic rings. The van der Waals surface area contributed by atoms with Crippen LogP contribution in [0.2, 0.25) is 0 Å². The molecular formula is C19H21BrN2O3. The summed E-state index contributed by atoms with van der Waals surface area (Å²) >= 11 is 3.43. The molecule has 2 amide bonds. The Bertz CT molecular complexity index is 758. The predicted molar refractivity (Wildman–Crippen MR) is 102 cm³/mol. The third kappa shape index (κ3) is 5.32. The molecule has 6 heteroatoms. The van der Waals surface area contributed by atoms with E-state index >= 15 is 0 Å². The first-order valence-corrected chi connectivity index (χ1v) is 8.60. The second-order valence-electron chi connectivity index (χ2n) is 6.27. The van der Waals surface area contributed by atoms with E-state index in [0.29, 0.717) is 17.8 Å². The standard InChI is InChI=1S/C19H21BrN2O3/c1-19(2,14-7-9-15(20)10-8-14)12-21-17(23)13-5-4-6-16(11-13)22-18(24)25-3/h4-11H,12H2,1-3H3,(H,21,23)(H,22,24). The fourth-order valence-corrected chi connectivity index (χ4v) is 2.58. The van der Waals surface area contributed by atoms with Crippen LogP contribution in [0.4, 0.5) is 10.5 Å². The van der Waals surface area contributed by atoms with Crippen LogP contribution in [0, 0.1) is 0 Å². The van der Waals surface area contributed by atoms with Gasteiger partial charge in [-0.2, -0.15) is 0 Å². The van der Waals surface area contributed by atoms with E-state index in [1.165, 1.54) is 7.11 Å². The van der Waals surface area contributed by atoms with Crippen LogP contribution >= 0.6 is 15.9 Å². The van der Waals surface area contributed by atoms with Crippen molar-refractivity contribution in [2.45, 2.75) is 19.3 Å². The van der Waals surface area contributed by atoms with E-state index in [2.05, 4.69) is 45.1 Å². The molecule has 0 aliphatic heterocycles. The molecule has 0 atom stereocenters. The molecule has 0 saturated heterocycles. The van der Waals surface area contributed by atoms with Crippen molar-refractivity contribution in [3.8, 4) is 0 Å². The van der Waals surface area contributed by atoms with E-state index in [4.69, 9.17) is 0 Å². The quantitative estimate of drug-likeness (QED) is 0.778. The fourth-order valence-electron chi connectivity index (χ4n) is 2.31. The van der Waals surface area contributed by atoms with Crippen molar-refractivity contribution >= 4 is 33.6 Å². The van der Waals surface area contributed by atoms with E-state index in [1.807, 2.05) is 24.3 Å². The van der Waals surface area contributed by atoms with Gasteiger partial charge in [-0.25, -0.2) is 4.79 Å². The van der Waals surface area contributed by atoms with Gasteiger partial charge >= 0.3 is 6.09 Å². The van der Waals surface area contributed by atoms with E-state index in [0.717, 1.165) is 10.0 Å². The zero-order valence-corrected chi connectivity index (χ0v) is 16.0. The van der Waals surface area contributed by atoms with Gasteiger partial charge in [-0.3, -0.25) is 10.1 Å². The highest BCUT2D eigenvalue weighted by Gasteiger charge is 2.21. The number of hydrogen-bond acceptors (Lipinski definition) is 3. The van der Waals surface area contributed by atoms with E-state index < -0.39 is 6.09 Å². The highest BCUT2D eigenvalue weighted by Crippen LogP contribution is 2.24. The lowest BCUT2D eigenvalue weighted by atomic mass is 9.84. The number of carbonyl (C=O) groups is 2. The number of halogens is 1. The molecule has 5 nitrogen and oxygen atoms in total. The van der Waals surface area contributed by atoms with Gasteiger partial charge in [0.2, 0.25) is 0 Å². The van der Waals surface area contributed by atoms with Crippen LogP contribution in [0.25, 0.3) is 0 Å². The summed E-state index contributed by atoms with van der Waals surface area (Å²) in [5, 5.41) is 5.50. The van der Waals surface area contributed by atoms with E-state index in [1.54, 1.807) is 24.3 Å². The van der Waals surface area contributed by atoms with Gasteiger partial charge in [0.1, 0.15) is 0 Å². The maximum Gasteiger partial charge on any atom is 0.411 e. The number of methoxy groups -OCH3 is 1. The Hall–Kier alpha value is -2.34. The number of nitrogens with one attached hydrogen (secondary N) is 2. The van der Waals surface area contributed by atoms with Crippen molar-refractivity contribution in [3.63, 3.8) is 0 Å². The van der Waals surface area contributed by atoms with Gasteiger partial charge in [0, 0.05) is 27.7 Å². The molecular weight excluding hydrogens is 384 g/mol. The maximum atomic E-state index is 12.4. The second-order valence-corrected chi connectivity index (χ2v) is 7.19. The van der Waals surface area contributed by atoms with E-state index in [9.17, 15) is 9.59 Å². The molecule has 0 aromatic heterocycles. The molecule has 2 rings (SSSR count). The number of rotatable bonds is 5. The summed E-state index contributed by atoms with van der Waals surface area (Å²) in [5.74, 6) is -0.196. The highest BCUT2D eigenvalue weighted by atomic mass is 79.9. The molecule has 2 aromatic rings. The SMILES string of the molecule is COC(=O)Nc1cccc(C(=O)NCC(C)(C)c2ccc(Br)cc2)c1. The molecule has 0 unspecified atom stereocenters. The van der Waals surface area contributed by atoms with Crippen LogP contribution in [-0.2, 0) is 10.2 Å². The first-order valence-electron chi connectivity index (χ1n) is 7.81. The number of benzene rings is 2. The monoisotopic (exact) mass is 404 g/mol. The summed E-state index contributed by atoms with van der Waals surface area (Å²) in [7, 11) is 1.29. The normalized spacial score (nSPS) is 10.9. The first kappa shape index (κ1) is 19.0. The van der Waals surface area contributed by atoms with Gasteiger partial charge in [-0.1, -0.05) is 48.0 Å². The average Bonchev–Trinajstić information content (AvgIpc) is 2.60. The Morgan fingerprint density at radius 2 is 1.80 bits per heavy atom. The lowest BCUT2D eigenvalue weighted by Crippen LogP contribution is -2.36. The highest BCUT2D eigenvalue weighted by molar-refractivity contribution is 9.10. The Morgan fingerprint density at radius 1 is 1.12 bits per heavy atom. The van der Waals surface area contributed by atoms with Crippen molar-refractivity contribution in [2.75, 3.05) is 19.0 Å². The Labute approximate surface area is 155 Å². The molecule has 25 heavy (non-hydrogen) atoms. The average molecular weight is 405 g/mol. The molecule has 0 aliphatic carbocycles. The van der Waals surface area contributed by atoms with Crippen molar-refractivity contribution in [1.82, 2.24) is 5.32 Å². The van der Waals surface area contributed by atoms with Crippen molar-refractivity contribution < 1.29 is 14.3 Å². The third-order valence-electron chi connectivity index (χ3n) is 3.87. The number of anilines is 1. The van der Waals surface area contributed by atoms with Gasteiger partial charge < -0.3 is 10.1 Å². The van der Waals surface area contributed by atoms with Crippen LogP contribution < -0.4 is 10.6 Å². The molecule has 132 valence electrons. The summed E-state index contributed by atoms with van der Waals surface area (Å²) < 4.78 is 5.57. The van der Waals surface area contributed by atoms with Crippen LogP contribution in [0.15, 0.2) is 53.0 Å². The molecule has 2 N–H and O–H groups in total. The number of hydrogen-bond donors (Lipinski definition) is 2. The third-order valence-corrected chi connectivity index (χ3v) is 4.40. The largest absolute Gasteiger partial charge is 0.453 e. The number of ether oxygens (including phenoxy) is 1. The topological polar surface area (TPSA) is 67.4 Å². The summed E-state index contributed by atoms with van der Waals surface area (Å²) in [4.78, 5) is 23.7. The number of carbonyl (C=O) groups excluding carboxylic acids is 2. The maximum absolute atomic E-state index is 12.4. The van der Waals surface area contributed by atoms with Crippen LogP contribution in [0.5, 0.6) is 0 Å². The summed E-state index contributed by atoms with van der Waals surface area (Å²) in [6, 6.07) is 14.8. The van der Waals surface area contributed by atoms with Gasteiger partial charge in [-0.05, 0) is 35.9 Å². The van der Waals surface area contributed by atoms with Crippen molar-refractivity contribution in [3.05, 3.63) is 64.1 Å². The van der Waals surface area contributed by atoms with Crippen molar-refractivity contribution in [2.24, 2.45) is 0 Å². The van der Waals surface area contributed by atoms with Gasteiger partial charge in [0.05, 0.1) is 7.11 Å². The smallest absolute Gasteiger partial charge is 0.411 e. The van der Waals surface area contributed by atoms with Gasteiger partial charge in [0.15, 0.2) is 0 Å². The minimum absolute atomic E-state index is 0.196. The molecule has 0 fully saturated rings. The molecule has 0 bridgehead atoms. The predicted octanol–water partition coefficient (Wildman–Crippen LogP) is 4.34. The Balaban J connectivity index is 2.03. The van der Waals surface area contributed by atoms with Crippen LogP contribution in [0.3, 0.4) is 0 Å². The second kappa shape index (κ2) is 8.16. The fraction of sp³-hybridized carbons (Fsp3) is 0.263. The minimum Gasteiger partial charge on any atom is -0.453 e. The zero-order chi connectivity index (χ0) is 18.4. The van der Waals surface area contributed by atoms with Gasteiger partial charge in [-0.15, -0.1) is 0 Å². The number of amides is 2. The summed E-state index contributed by atoms with van der Waals surface area (Å²) in [6.07, 6.45) is -0.575. The Morgan fingerprint density at radius 3 is 2.44 bits per heavy atom. The lowest BCUT2D eigenvalue weighted by Gasteiger charge is -2.25. The first-order chi connectivity index (χ1) is 11.8. The summed E-state index contributed by atoms with van der Waals surface area (Å²) in [6.45, 7) is 4.64. The molecule has 0 spiro atoms. The minimum atomic E-state index is -0.575. The van der Waals surface area contributed by atoms with Gasteiger partial charge in [0.25, 0.3) is 5.91 Å². The van der Waals surface area contributed by atoms with Crippen molar-refractivity contribution in [1.29, 1.82) is 0 Å². The van der Waals surface area contributed by atoms with Crippen LogP contribution in [-0.4, -0.2) is 25.7 Å². The molecule has 0 saturated carbocycles. The van der Waals surface area contributed by atoms with Crippen LogP contribution in [0.1, 0.15) is 29.8 Å². The summed E-state index contributed by atoms with van der Waals surface area (Å²) in [5.41, 5.74) is 1.90. The Kier molecular flexibility index (Phi) is 6.20. The molecule has 2 aromatic carbocycles. The molecule has 0 heterocycles. The van der Waals surface area contributed by atoms with E-state index in [-0.39, 0.29) is 11.3 Å². The zero-order valence-electron chi connectivity index (χ0n) is 14.4.